The molecule has 1 saturated carbocycles. The van der Waals surface area contributed by atoms with Crippen LogP contribution in [0.1, 0.15) is 69.8 Å². The lowest BCUT2D eigenvalue weighted by Gasteiger charge is -2.38. The third kappa shape index (κ3) is 4.91. The number of alkyl halides is 3. The van der Waals surface area contributed by atoms with E-state index in [1.54, 1.807) is 25.7 Å². The van der Waals surface area contributed by atoms with Gasteiger partial charge in [0.05, 0.1) is 0 Å². The molecular formula is C25H29F6N5O2. The molecule has 1 aromatic heterocycles. The van der Waals surface area contributed by atoms with E-state index in [1.165, 1.54) is 0 Å². The first-order valence-corrected chi connectivity index (χ1v) is 12.6. The molecule has 4 unspecified atom stereocenters. The summed E-state index contributed by atoms with van der Waals surface area (Å²) in [6, 6.07) is -0.373. The molecule has 1 amide bonds. The SMILES string of the molecule is CC(C)(C)OC(=O)N1CC2CCC(C1)C2Nc1nc2n(n1)C(C(F)(F)F)CCC2c1ccc(F)c(F)c1F. The van der Waals surface area contributed by atoms with Crippen LogP contribution in [0.15, 0.2) is 12.1 Å². The molecule has 3 aliphatic rings. The van der Waals surface area contributed by atoms with Crippen LogP contribution in [-0.2, 0) is 4.74 Å². The molecule has 2 aromatic rings. The summed E-state index contributed by atoms with van der Waals surface area (Å²) in [5, 5.41) is 7.29. The molecule has 1 saturated heterocycles. The minimum Gasteiger partial charge on any atom is -0.444 e. The topological polar surface area (TPSA) is 72.3 Å². The molecule has 208 valence electrons. The number of hydrogen-bond acceptors (Lipinski definition) is 5. The molecule has 2 aliphatic heterocycles. The van der Waals surface area contributed by atoms with Gasteiger partial charge in [-0.2, -0.15) is 18.2 Å². The molecule has 1 N–H and O–H groups in total. The Morgan fingerprint density at radius 2 is 1.66 bits per heavy atom. The number of aromatic nitrogens is 3. The van der Waals surface area contributed by atoms with E-state index in [9.17, 15) is 31.1 Å². The van der Waals surface area contributed by atoms with E-state index in [2.05, 4.69) is 15.4 Å². The van der Waals surface area contributed by atoms with Crippen molar-refractivity contribution in [3.8, 4) is 0 Å². The van der Waals surface area contributed by atoms with E-state index in [0.29, 0.717) is 13.1 Å². The third-order valence-corrected chi connectivity index (χ3v) is 7.59. The van der Waals surface area contributed by atoms with E-state index < -0.39 is 53.7 Å². The van der Waals surface area contributed by atoms with Crippen molar-refractivity contribution in [1.82, 2.24) is 19.7 Å². The number of carbonyl (C=O) groups is 1. The smallest absolute Gasteiger partial charge is 0.410 e. The van der Waals surface area contributed by atoms with Gasteiger partial charge in [-0.25, -0.2) is 22.6 Å². The molecule has 38 heavy (non-hydrogen) atoms. The summed E-state index contributed by atoms with van der Waals surface area (Å²) < 4.78 is 89.8. The monoisotopic (exact) mass is 545 g/mol. The molecule has 1 aromatic carbocycles. The van der Waals surface area contributed by atoms with Crippen molar-refractivity contribution in [3.05, 3.63) is 41.0 Å². The Hall–Kier alpha value is -2.99. The number of halogens is 6. The minimum absolute atomic E-state index is 0.0136. The summed E-state index contributed by atoms with van der Waals surface area (Å²) in [5.74, 6) is -5.72. The zero-order valence-corrected chi connectivity index (χ0v) is 21.2. The van der Waals surface area contributed by atoms with Crippen molar-refractivity contribution in [1.29, 1.82) is 0 Å². The molecule has 5 rings (SSSR count). The van der Waals surface area contributed by atoms with E-state index in [4.69, 9.17) is 4.74 Å². The highest BCUT2D eigenvalue weighted by Crippen LogP contribution is 2.45. The van der Waals surface area contributed by atoms with Gasteiger partial charge in [-0.15, -0.1) is 5.10 Å². The van der Waals surface area contributed by atoms with E-state index in [1.807, 2.05) is 0 Å². The van der Waals surface area contributed by atoms with Crippen LogP contribution in [0.2, 0.25) is 0 Å². The second-order valence-corrected chi connectivity index (χ2v) is 11.3. The van der Waals surface area contributed by atoms with Crippen molar-refractivity contribution in [3.63, 3.8) is 0 Å². The van der Waals surface area contributed by atoms with Gasteiger partial charge in [-0.1, -0.05) is 6.07 Å². The summed E-state index contributed by atoms with van der Waals surface area (Å²) in [5.41, 5.74) is -0.904. The van der Waals surface area contributed by atoms with Crippen LogP contribution in [0, 0.1) is 29.3 Å². The first kappa shape index (κ1) is 26.6. The molecule has 2 fully saturated rings. The fourth-order valence-electron chi connectivity index (χ4n) is 5.93. The van der Waals surface area contributed by atoms with Gasteiger partial charge in [0.25, 0.3) is 0 Å². The number of carbonyl (C=O) groups excluding carboxylic acids is 1. The molecule has 3 heterocycles. The maximum absolute atomic E-state index is 14.6. The van der Waals surface area contributed by atoms with Gasteiger partial charge in [-0.3, -0.25) is 0 Å². The van der Waals surface area contributed by atoms with E-state index in [0.717, 1.165) is 29.7 Å². The quantitative estimate of drug-likeness (QED) is 0.391. The summed E-state index contributed by atoms with van der Waals surface area (Å²) in [4.78, 5) is 18.5. The van der Waals surface area contributed by atoms with Crippen LogP contribution in [0.4, 0.5) is 37.1 Å². The van der Waals surface area contributed by atoms with Crippen LogP contribution in [-0.4, -0.2) is 56.7 Å². The maximum atomic E-state index is 14.6. The van der Waals surface area contributed by atoms with Gasteiger partial charge in [-0.05, 0) is 64.4 Å². The second-order valence-electron chi connectivity index (χ2n) is 11.3. The first-order chi connectivity index (χ1) is 17.7. The van der Waals surface area contributed by atoms with Crippen LogP contribution in [0.3, 0.4) is 0 Å². The fourth-order valence-corrected chi connectivity index (χ4v) is 5.93. The molecule has 0 spiro atoms. The number of piperidine rings is 1. The largest absolute Gasteiger partial charge is 0.444 e. The summed E-state index contributed by atoms with van der Waals surface area (Å²) in [6.45, 7) is 6.20. The number of benzene rings is 1. The number of fused-ring (bicyclic) bond motifs is 3. The molecular weight excluding hydrogens is 516 g/mol. The highest BCUT2D eigenvalue weighted by molar-refractivity contribution is 5.68. The Balaban J connectivity index is 1.41. The highest BCUT2D eigenvalue weighted by Gasteiger charge is 2.48. The first-order valence-electron chi connectivity index (χ1n) is 12.6. The van der Waals surface area contributed by atoms with Gasteiger partial charge >= 0.3 is 12.3 Å². The summed E-state index contributed by atoms with van der Waals surface area (Å²) in [7, 11) is 0. The number of nitrogens with zero attached hydrogens (tertiary/aromatic N) is 4. The zero-order valence-electron chi connectivity index (χ0n) is 21.2. The number of ether oxygens (including phenoxy) is 1. The molecule has 2 bridgehead atoms. The molecule has 1 aliphatic carbocycles. The van der Waals surface area contributed by atoms with Crippen molar-refractivity contribution in [2.45, 2.75) is 76.2 Å². The van der Waals surface area contributed by atoms with Crippen LogP contribution in [0.25, 0.3) is 0 Å². The van der Waals surface area contributed by atoms with Gasteiger partial charge in [0, 0.05) is 30.6 Å². The van der Waals surface area contributed by atoms with Crippen molar-refractivity contribution < 1.29 is 35.9 Å². The van der Waals surface area contributed by atoms with Crippen molar-refractivity contribution in [2.75, 3.05) is 18.4 Å². The van der Waals surface area contributed by atoms with E-state index in [-0.39, 0.29) is 41.6 Å². The van der Waals surface area contributed by atoms with E-state index >= 15 is 0 Å². The highest BCUT2D eigenvalue weighted by atomic mass is 19.4. The van der Waals surface area contributed by atoms with Crippen LogP contribution < -0.4 is 5.32 Å². The number of amides is 1. The van der Waals surface area contributed by atoms with Crippen LogP contribution >= 0.6 is 0 Å². The Morgan fingerprint density at radius 1 is 1.00 bits per heavy atom. The van der Waals surface area contributed by atoms with Crippen LogP contribution in [0.5, 0.6) is 0 Å². The predicted molar refractivity (Wildman–Crippen MR) is 124 cm³/mol. The summed E-state index contributed by atoms with van der Waals surface area (Å²) in [6.07, 6.45) is -4.00. The number of anilines is 1. The normalized spacial score (nSPS) is 27.3. The maximum Gasteiger partial charge on any atom is 0.410 e. The average Bonchev–Trinajstić information content (AvgIpc) is 3.31. The lowest BCUT2D eigenvalue weighted by atomic mass is 9.88. The second kappa shape index (κ2) is 9.33. The Labute approximate surface area is 215 Å². The lowest BCUT2D eigenvalue weighted by Crippen LogP contribution is -2.51. The van der Waals surface area contributed by atoms with Crippen molar-refractivity contribution in [2.24, 2.45) is 11.8 Å². The minimum atomic E-state index is -4.63. The third-order valence-electron chi connectivity index (χ3n) is 7.59. The van der Waals surface area contributed by atoms with Gasteiger partial charge in [0.15, 0.2) is 17.5 Å². The summed E-state index contributed by atoms with van der Waals surface area (Å²) >= 11 is 0. The predicted octanol–water partition coefficient (Wildman–Crippen LogP) is 5.78. The fraction of sp³-hybridized carbons (Fsp3) is 0.640. The van der Waals surface area contributed by atoms with Gasteiger partial charge < -0.3 is 15.0 Å². The van der Waals surface area contributed by atoms with Gasteiger partial charge in [0.1, 0.15) is 17.5 Å². The number of rotatable bonds is 3. The average molecular weight is 546 g/mol. The molecule has 0 radical (unpaired) electrons. The Bertz CT molecular complexity index is 1210. The zero-order chi connectivity index (χ0) is 27.6. The molecule has 4 atom stereocenters. The number of likely N-dealkylation sites (tertiary alicyclic amines) is 1. The van der Waals surface area contributed by atoms with Gasteiger partial charge in [0.2, 0.25) is 5.95 Å². The van der Waals surface area contributed by atoms with Crippen molar-refractivity contribution >= 4 is 12.0 Å². The Morgan fingerprint density at radius 3 is 2.26 bits per heavy atom. The number of nitrogens with one attached hydrogen (secondary N) is 1. The lowest BCUT2D eigenvalue weighted by molar-refractivity contribution is -0.175. The Kier molecular flexibility index (Phi) is 6.54. The number of hydrogen-bond donors (Lipinski definition) is 1. The molecule has 13 heteroatoms. The molecule has 7 nitrogen and oxygen atoms in total. The standard InChI is InChI=1S/C25H29F6N5O2/c1-24(2,3)38-23(37)35-10-12-4-5-13(11-35)20(12)32-22-33-21-15(14-6-8-16(26)19(28)18(14)27)7-9-17(25(29,30)31)36(21)34-22/h6,8,12-13,15,17,20H,4-5,7,9-11H2,1-3H3,(H,32,34).